The summed E-state index contributed by atoms with van der Waals surface area (Å²) in [7, 11) is -2.64. The minimum Gasteiger partial charge on any atom is -0.373 e. The molecule has 0 radical (unpaired) electrons. The Morgan fingerprint density at radius 3 is 2.00 bits per heavy atom. The summed E-state index contributed by atoms with van der Waals surface area (Å²) in [5.41, 5.74) is 1.22. The minimum atomic E-state index is -2.64. The molecule has 0 saturated carbocycles. The fourth-order valence-electron chi connectivity index (χ4n) is 2.06. The first kappa shape index (κ1) is 19.8. The van der Waals surface area contributed by atoms with Crippen LogP contribution < -0.4 is 0 Å². The number of rotatable bonds is 13. The van der Waals surface area contributed by atoms with Crippen LogP contribution >= 0.6 is 15.9 Å². The van der Waals surface area contributed by atoms with Crippen molar-refractivity contribution in [3.05, 3.63) is 35.9 Å². The summed E-state index contributed by atoms with van der Waals surface area (Å²) in [5, 5.41) is 1.01. The average molecular weight is 389 g/mol. The van der Waals surface area contributed by atoms with Crippen LogP contribution in [0, 0.1) is 0 Å². The van der Waals surface area contributed by atoms with Crippen LogP contribution in [0.4, 0.5) is 0 Å². The summed E-state index contributed by atoms with van der Waals surface area (Å²) in [6.07, 6.45) is 4.09. The number of unbranched alkanes of at least 4 members (excludes halogenated alkanes) is 1. The van der Waals surface area contributed by atoms with E-state index in [1.165, 1.54) is 5.56 Å². The Hall–Kier alpha value is -0.203. The molecule has 0 saturated heterocycles. The van der Waals surface area contributed by atoms with Crippen LogP contribution in [0.15, 0.2) is 30.3 Å². The standard InChI is InChI=1S/C17H29BrO3Si/c1-3-13-19-22(20-14-4-2,21-15-9-8-12-18)16-17-10-6-5-7-11-17/h5-7,10-11H,3-4,8-9,12-16H2,1-2H3. The van der Waals surface area contributed by atoms with E-state index < -0.39 is 8.80 Å². The molecule has 0 aromatic heterocycles. The maximum Gasteiger partial charge on any atom is 0.505 e. The van der Waals surface area contributed by atoms with Crippen LogP contribution in [0.3, 0.4) is 0 Å². The van der Waals surface area contributed by atoms with E-state index in [1.54, 1.807) is 0 Å². The smallest absolute Gasteiger partial charge is 0.373 e. The molecule has 0 heterocycles. The van der Waals surface area contributed by atoms with Gasteiger partial charge in [0.15, 0.2) is 0 Å². The maximum atomic E-state index is 6.21. The zero-order chi connectivity index (χ0) is 16.1. The third kappa shape index (κ3) is 7.88. The second kappa shape index (κ2) is 12.2. The van der Waals surface area contributed by atoms with Gasteiger partial charge in [-0.1, -0.05) is 60.1 Å². The zero-order valence-corrected chi connectivity index (χ0v) is 16.4. The number of alkyl halides is 1. The molecule has 0 aliphatic heterocycles. The van der Waals surface area contributed by atoms with Gasteiger partial charge in [0.2, 0.25) is 0 Å². The van der Waals surface area contributed by atoms with Gasteiger partial charge in [-0.3, -0.25) is 0 Å². The van der Waals surface area contributed by atoms with Gasteiger partial charge in [0.1, 0.15) is 0 Å². The Bertz CT molecular complexity index is 367. The number of hydrogen-bond donors (Lipinski definition) is 0. The summed E-state index contributed by atoms with van der Waals surface area (Å²) in [4.78, 5) is 0. The first-order valence-corrected chi connectivity index (χ1v) is 11.3. The fraction of sp³-hybridized carbons (Fsp3) is 0.647. The third-order valence-electron chi connectivity index (χ3n) is 3.17. The predicted molar refractivity (Wildman–Crippen MR) is 97.4 cm³/mol. The van der Waals surface area contributed by atoms with Gasteiger partial charge < -0.3 is 13.3 Å². The topological polar surface area (TPSA) is 27.7 Å². The van der Waals surface area contributed by atoms with E-state index in [9.17, 15) is 0 Å². The van der Waals surface area contributed by atoms with Crippen molar-refractivity contribution in [2.75, 3.05) is 25.2 Å². The Kier molecular flexibility index (Phi) is 11.0. The molecule has 1 rings (SSSR count). The quantitative estimate of drug-likeness (QED) is 0.277. The lowest BCUT2D eigenvalue weighted by Gasteiger charge is -2.30. The van der Waals surface area contributed by atoms with E-state index in [0.29, 0.717) is 19.8 Å². The summed E-state index contributed by atoms with van der Waals surface area (Å²) in [6.45, 7) is 6.33. The molecule has 0 N–H and O–H groups in total. The first-order chi connectivity index (χ1) is 10.8. The molecule has 0 bridgehead atoms. The predicted octanol–water partition coefficient (Wildman–Crippen LogP) is 4.75. The van der Waals surface area contributed by atoms with Crippen molar-refractivity contribution in [1.29, 1.82) is 0 Å². The molecule has 0 fully saturated rings. The molecule has 0 unspecified atom stereocenters. The van der Waals surface area contributed by atoms with Crippen molar-refractivity contribution in [1.82, 2.24) is 0 Å². The second-order valence-electron chi connectivity index (χ2n) is 5.29. The minimum absolute atomic E-state index is 0.696. The Labute approximate surface area is 144 Å². The molecule has 1 aromatic rings. The number of halogens is 1. The van der Waals surface area contributed by atoms with Gasteiger partial charge in [-0.25, -0.2) is 0 Å². The van der Waals surface area contributed by atoms with E-state index in [1.807, 2.05) is 6.07 Å². The van der Waals surface area contributed by atoms with Crippen LogP contribution in [0.5, 0.6) is 0 Å². The molecule has 0 spiro atoms. The fourth-order valence-corrected chi connectivity index (χ4v) is 5.24. The summed E-state index contributed by atoms with van der Waals surface area (Å²) in [6, 6.07) is 11.1. The molecule has 5 heteroatoms. The Balaban J connectivity index is 2.76. The Morgan fingerprint density at radius 1 is 0.864 bits per heavy atom. The van der Waals surface area contributed by atoms with Crippen molar-refractivity contribution in [3.63, 3.8) is 0 Å². The lowest BCUT2D eigenvalue weighted by Crippen LogP contribution is -2.49. The number of hydrogen-bond acceptors (Lipinski definition) is 3. The van der Waals surface area contributed by atoms with Gasteiger partial charge >= 0.3 is 8.80 Å². The average Bonchev–Trinajstić information content (AvgIpc) is 2.56. The Morgan fingerprint density at radius 2 is 1.45 bits per heavy atom. The molecule has 0 amide bonds. The molecule has 3 nitrogen and oxygen atoms in total. The monoisotopic (exact) mass is 388 g/mol. The molecular formula is C17H29BrO3Si. The van der Waals surface area contributed by atoms with E-state index in [-0.39, 0.29) is 0 Å². The van der Waals surface area contributed by atoms with Crippen molar-refractivity contribution < 1.29 is 13.3 Å². The van der Waals surface area contributed by atoms with E-state index in [4.69, 9.17) is 13.3 Å². The zero-order valence-electron chi connectivity index (χ0n) is 13.9. The molecule has 1 aromatic carbocycles. The van der Waals surface area contributed by atoms with Gasteiger partial charge in [0.25, 0.3) is 0 Å². The molecular weight excluding hydrogens is 360 g/mol. The largest absolute Gasteiger partial charge is 0.505 e. The second-order valence-corrected chi connectivity index (χ2v) is 8.67. The van der Waals surface area contributed by atoms with Crippen LogP contribution in [0.1, 0.15) is 45.1 Å². The summed E-state index contributed by atoms with van der Waals surface area (Å²) >= 11 is 3.46. The van der Waals surface area contributed by atoms with E-state index in [0.717, 1.165) is 37.1 Å². The summed E-state index contributed by atoms with van der Waals surface area (Å²) in [5.74, 6) is 0. The highest BCUT2D eigenvalue weighted by Gasteiger charge is 2.41. The first-order valence-electron chi connectivity index (χ1n) is 8.28. The number of benzene rings is 1. The van der Waals surface area contributed by atoms with Crippen molar-refractivity contribution in [2.24, 2.45) is 0 Å². The van der Waals surface area contributed by atoms with Gasteiger partial charge in [0.05, 0.1) is 0 Å². The molecule has 0 aliphatic carbocycles. The van der Waals surface area contributed by atoms with Crippen molar-refractivity contribution >= 4 is 24.7 Å². The lowest BCUT2D eigenvalue weighted by atomic mass is 10.2. The van der Waals surface area contributed by atoms with Crippen LogP contribution in [0.25, 0.3) is 0 Å². The molecule has 0 atom stereocenters. The van der Waals surface area contributed by atoms with E-state index >= 15 is 0 Å². The highest BCUT2D eigenvalue weighted by atomic mass is 79.9. The van der Waals surface area contributed by atoms with Crippen molar-refractivity contribution in [2.45, 2.75) is 45.6 Å². The van der Waals surface area contributed by atoms with Gasteiger partial charge in [0, 0.05) is 31.2 Å². The summed E-state index contributed by atoms with van der Waals surface area (Å²) < 4.78 is 18.5. The van der Waals surface area contributed by atoms with Crippen LogP contribution in [0.2, 0.25) is 0 Å². The highest BCUT2D eigenvalue weighted by Crippen LogP contribution is 2.19. The van der Waals surface area contributed by atoms with Crippen LogP contribution in [-0.4, -0.2) is 34.0 Å². The highest BCUT2D eigenvalue weighted by molar-refractivity contribution is 9.09. The lowest BCUT2D eigenvalue weighted by molar-refractivity contribution is 0.0574. The van der Waals surface area contributed by atoms with E-state index in [2.05, 4.69) is 54.0 Å². The maximum absolute atomic E-state index is 6.21. The normalized spacial score (nSPS) is 11.8. The molecule has 0 aliphatic rings. The van der Waals surface area contributed by atoms with Gasteiger partial charge in [-0.15, -0.1) is 0 Å². The third-order valence-corrected chi connectivity index (χ3v) is 6.50. The molecule has 22 heavy (non-hydrogen) atoms. The van der Waals surface area contributed by atoms with Crippen molar-refractivity contribution in [3.8, 4) is 0 Å². The van der Waals surface area contributed by atoms with Gasteiger partial charge in [-0.2, -0.15) is 0 Å². The molecule has 126 valence electrons. The van der Waals surface area contributed by atoms with Crippen LogP contribution in [-0.2, 0) is 19.3 Å². The van der Waals surface area contributed by atoms with Gasteiger partial charge in [-0.05, 0) is 31.2 Å². The SMILES string of the molecule is CCCO[Si](Cc1ccccc1)(OCCC)OCCCCBr.